The van der Waals surface area contributed by atoms with Crippen LogP contribution in [0.15, 0.2) is 36.4 Å². The van der Waals surface area contributed by atoms with Gasteiger partial charge in [0.1, 0.15) is 28.9 Å². The van der Waals surface area contributed by atoms with Gasteiger partial charge in [0.15, 0.2) is 0 Å². The number of hydrogen-bond acceptors (Lipinski definition) is 5. The maximum Gasteiger partial charge on any atom is 0.315 e. The molecule has 0 aliphatic carbocycles. The number of ether oxygens (including phenoxy) is 2. The Morgan fingerprint density at radius 1 is 1.29 bits per heavy atom. The molecule has 106 valence electrons. The van der Waals surface area contributed by atoms with E-state index in [1.54, 1.807) is 6.07 Å². The average Bonchev–Trinajstić information content (AvgIpc) is 2.47. The van der Waals surface area contributed by atoms with Gasteiger partial charge in [-0.2, -0.15) is 5.26 Å². The molecule has 0 amide bonds. The van der Waals surface area contributed by atoms with Gasteiger partial charge in [0, 0.05) is 0 Å². The molecule has 0 atom stereocenters. The van der Waals surface area contributed by atoms with Gasteiger partial charge in [0.25, 0.3) is 0 Å². The second-order valence-corrected chi connectivity index (χ2v) is 3.92. The van der Waals surface area contributed by atoms with Gasteiger partial charge >= 0.3 is 5.69 Å². The summed E-state index contributed by atoms with van der Waals surface area (Å²) >= 11 is 0. The summed E-state index contributed by atoms with van der Waals surface area (Å²) in [6, 6.07) is 9.44. The Bertz CT molecular complexity index is 740. The van der Waals surface area contributed by atoms with Crippen LogP contribution in [-0.2, 0) is 0 Å². The van der Waals surface area contributed by atoms with Gasteiger partial charge in [-0.25, -0.2) is 4.39 Å². The predicted molar refractivity (Wildman–Crippen MR) is 70.8 cm³/mol. The molecule has 7 heteroatoms. The van der Waals surface area contributed by atoms with E-state index in [4.69, 9.17) is 14.7 Å². The zero-order valence-electron chi connectivity index (χ0n) is 10.9. The average molecular weight is 288 g/mol. The molecular formula is C14H9FN2O4. The number of halogens is 1. The largest absolute Gasteiger partial charge is 0.496 e. The molecule has 0 fully saturated rings. The van der Waals surface area contributed by atoms with Crippen LogP contribution in [-0.4, -0.2) is 12.0 Å². The second-order valence-electron chi connectivity index (χ2n) is 3.92. The maximum atomic E-state index is 13.5. The molecule has 0 aromatic heterocycles. The molecule has 2 rings (SSSR count). The minimum Gasteiger partial charge on any atom is -0.496 e. The molecule has 0 radical (unpaired) electrons. The Morgan fingerprint density at radius 2 is 2.05 bits per heavy atom. The third-order valence-electron chi connectivity index (χ3n) is 2.67. The Balaban J connectivity index is 2.48. The number of rotatable bonds is 4. The summed E-state index contributed by atoms with van der Waals surface area (Å²) in [6.07, 6.45) is 0. The minimum atomic E-state index is -0.758. The highest BCUT2D eigenvalue weighted by atomic mass is 19.1. The number of nitro groups is 1. The Hall–Kier alpha value is -3.14. The number of nitrogens with zero attached hydrogens (tertiary/aromatic N) is 2. The van der Waals surface area contributed by atoms with Crippen molar-refractivity contribution in [1.82, 2.24) is 0 Å². The van der Waals surface area contributed by atoms with Crippen LogP contribution >= 0.6 is 0 Å². The second kappa shape index (κ2) is 5.88. The van der Waals surface area contributed by atoms with Crippen molar-refractivity contribution in [2.24, 2.45) is 0 Å². The van der Waals surface area contributed by atoms with Crippen LogP contribution in [0, 0.1) is 27.3 Å². The summed E-state index contributed by atoms with van der Waals surface area (Å²) in [5.74, 6) is -0.673. The first kappa shape index (κ1) is 14.3. The van der Waals surface area contributed by atoms with E-state index in [0.29, 0.717) is 0 Å². The van der Waals surface area contributed by atoms with Crippen molar-refractivity contribution in [2.45, 2.75) is 0 Å². The third-order valence-corrected chi connectivity index (χ3v) is 2.67. The Kier molecular flexibility index (Phi) is 4.00. The topological polar surface area (TPSA) is 85.4 Å². The van der Waals surface area contributed by atoms with Crippen molar-refractivity contribution in [3.05, 3.63) is 57.9 Å². The van der Waals surface area contributed by atoms with Gasteiger partial charge in [0.2, 0.25) is 5.75 Å². The highest BCUT2D eigenvalue weighted by Gasteiger charge is 2.19. The molecule has 0 saturated heterocycles. The van der Waals surface area contributed by atoms with E-state index in [0.717, 1.165) is 6.07 Å². The summed E-state index contributed by atoms with van der Waals surface area (Å²) in [4.78, 5) is 10.4. The normalized spacial score (nSPS) is 9.76. The van der Waals surface area contributed by atoms with E-state index in [2.05, 4.69) is 0 Å². The van der Waals surface area contributed by atoms with E-state index in [1.165, 1.54) is 37.4 Å². The molecule has 0 aliphatic heterocycles. The monoisotopic (exact) mass is 288 g/mol. The standard InChI is InChI=1S/C14H9FN2O4/c1-20-9-5-6-14(12(7-9)17(18)19)21-13-4-2-3-11(15)10(13)8-16/h2-7H,1H3. The molecule has 0 bridgehead atoms. The van der Waals surface area contributed by atoms with Crippen molar-refractivity contribution in [2.75, 3.05) is 7.11 Å². The van der Waals surface area contributed by atoms with Crippen molar-refractivity contribution in [3.63, 3.8) is 0 Å². The lowest BCUT2D eigenvalue weighted by Gasteiger charge is -2.09. The smallest absolute Gasteiger partial charge is 0.315 e. The summed E-state index contributed by atoms with van der Waals surface area (Å²) in [5, 5.41) is 19.9. The molecule has 0 unspecified atom stereocenters. The van der Waals surface area contributed by atoms with Crippen LogP contribution in [0.25, 0.3) is 0 Å². The predicted octanol–water partition coefficient (Wildman–Crippen LogP) is 3.41. The molecule has 6 nitrogen and oxygen atoms in total. The van der Waals surface area contributed by atoms with E-state index >= 15 is 0 Å². The summed E-state index contributed by atoms with van der Waals surface area (Å²) in [5.41, 5.74) is -0.662. The fraction of sp³-hybridized carbons (Fsp3) is 0.0714. The van der Waals surface area contributed by atoms with Crippen molar-refractivity contribution < 1.29 is 18.8 Å². The number of nitro benzene ring substituents is 1. The van der Waals surface area contributed by atoms with Gasteiger partial charge < -0.3 is 9.47 Å². The number of hydrogen-bond donors (Lipinski definition) is 0. The van der Waals surface area contributed by atoms with E-state index in [-0.39, 0.29) is 28.5 Å². The molecule has 0 spiro atoms. The van der Waals surface area contributed by atoms with Crippen LogP contribution in [0.1, 0.15) is 5.56 Å². The van der Waals surface area contributed by atoms with Crippen molar-refractivity contribution in [3.8, 4) is 23.3 Å². The highest BCUT2D eigenvalue weighted by molar-refractivity contribution is 5.54. The lowest BCUT2D eigenvalue weighted by molar-refractivity contribution is -0.385. The van der Waals surface area contributed by atoms with Crippen LogP contribution in [0.2, 0.25) is 0 Å². The van der Waals surface area contributed by atoms with Crippen molar-refractivity contribution >= 4 is 5.69 Å². The van der Waals surface area contributed by atoms with Crippen LogP contribution in [0.3, 0.4) is 0 Å². The van der Waals surface area contributed by atoms with Gasteiger partial charge in [-0.3, -0.25) is 10.1 Å². The molecule has 2 aromatic rings. The lowest BCUT2D eigenvalue weighted by atomic mass is 10.2. The lowest BCUT2D eigenvalue weighted by Crippen LogP contribution is -1.97. The van der Waals surface area contributed by atoms with E-state index in [9.17, 15) is 14.5 Å². The molecule has 0 saturated carbocycles. The molecule has 0 heterocycles. The quantitative estimate of drug-likeness (QED) is 0.635. The molecule has 0 N–H and O–H groups in total. The van der Waals surface area contributed by atoms with Gasteiger partial charge in [0.05, 0.1) is 18.1 Å². The van der Waals surface area contributed by atoms with Crippen molar-refractivity contribution in [1.29, 1.82) is 5.26 Å². The summed E-state index contributed by atoms with van der Waals surface area (Å²) in [7, 11) is 1.37. The first-order chi connectivity index (χ1) is 10.1. The molecule has 2 aromatic carbocycles. The van der Waals surface area contributed by atoms with Gasteiger partial charge in [-0.05, 0) is 24.3 Å². The molecule has 0 aliphatic rings. The zero-order chi connectivity index (χ0) is 15.4. The maximum absolute atomic E-state index is 13.5. The third kappa shape index (κ3) is 2.90. The van der Waals surface area contributed by atoms with E-state index in [1.807, 2.05) is 0 Å². The first-order valence-corrected chi connectivity index (χ1v) is 5.75. The Morgan fingerprint density at radius 3 is 2.67 bits per heavy atom. The minimum absolute atomic E-state index is 0.0919. The van der Waals surface area contributed by atoms with Crippen LogP contribution in [0.5, 0.6) is 17.2 Å². The first-order valence-electron chi connectivity index (χ1n) is 5.75. The summed E-state index contributed by atoms with van der Waals surface area (Å²) < 4.78 is 23.7. The fourth-order valence-electron chi connectivity index (χ4n) is 1.67. The number of nitriles is 1. The number of methoxy groups -OCH3 is 1. The highest BCUT2D eigenvalue weighted by Crippen LogP contribution is 2.35. The number of benzene rings is 2. The van der Waals surface area contributed by atoms with E-state index < -0.39 is 10.7 Å². The zero-order valence-corrected chi connectivity index (χ0v) is 10.9. The van der Waals surface area contributed by atoms with Crippen LogP contribution < -0.4 is 9.47 Å². The Labute approximate surface area is 119 Å². The molecule has 21 heavy (non-hydrogen) atoms. The van der Waals surface area contributed by atoms with Gasteiger partial charge in [-0.1, -0.05) is 6.07 Å². The fourth-order valence-corrected chi connectivity index (χ4v) is 1.67. The SMILES string of the molecule is COc1ccc(Oc2cccc(F)c2C#N)c([N+](=O)[O-])c1. The molecular weight excluding hydrogens is 279 g/mol. The van der Waals surface area contributed by atoms with Crippen LogP contribution in [0.4, 0.5) is 10.1 Å². The summed E-state index contributed by atoms with van der Waals surface area (Å²) in [6.45, 7) is 0. The van der Waals surface area contributed by atoms with Gasteiger partial charge in [-0.15, -0.1) is 0 Å².